The van der Waals surface area contributed by atoms with Crippen molar-refractivity contribution in [1.82, 2.24) is 9.47 Å². The summed E-state index contributed by atoms with van der Waals surface area (Å²) in [5, 5.41) is 4.98. The van der Waals surface area contributed by atoms with Crippen molar-refractivity contribution >= 4 is 23.1 Å². The fourth-order valence-corrected chi connectivity index (χ4v) is 3.54. The summed E-state index contributed by atoms with van der Waals surface area (Å²) in [6.45, 7) is 1.29. The molecule has 3 aromatic rings. The van der Waals surface area contributed by atoms with Crippen molar-refractivity contribution in [3.05, 3.63) is 64.6 Å². The van der Waals surface area contributed by atoms with Gasteiger partial charge in [0, 0.05) is 35.6 Å². The first kappa shape index (κ1) is 16.5. The quantitative estimate of drug-likeness (QED) is 0.738. The highest BCUT2D eigenvalue weighted by molar-refractivity contribution is 7.09. The molecule has 0 bridgehead atoms. The van der Waals surface area contributed by atoms with E-state index < -0.39 is 0 Å². The van der Waals surface area contributed by atoms with Crippen LogP contribution in [0.5, 0.6) is 11.5 Å². The number of ether oxygens (including phenoxy) is 2. The molecule has 7 heteroatoms. The number of carbonyl (C=O) groups excluding carboxylic acids is 1. The molecule has 0 radical (unpaired) electrons. The zero-order valence-electron chi connectivity index (χ0n) is 14.3. The van der Waals surface area contributed by atoms with Gasteiger partial charge in [-0.25, -0.2) is 4.79 Å². The van der Waals surface area contributed by atoms with Crippen LogP contribution in [0, 0.1) is 0 Å². The van der Waals surface area contributed by atoms with Crippen molar-refractivity contribution in [2.24, 2.45) is 7.05 Å². The average molecular weight is 369 g/mol. The molecule has 1 aromatic carbocycles. The summed E-state index contributed by atoms with van der Waals surface area (Å²) in [5.74, 6) is 1.34. The fourth-order valence-electron chi connectivity index (χ4n) is 2.82. The molecule has 1 aliphatic heterocycles. The molecule has 0 saturated heterocycles. The monoisotopic (exact) mass is 369 g/mol. The number of nitrogens with one attached hydrogen (secondary N) is 1. The minimum Gasteiger partial charge on any atom is -0.454 e. The summed E-state index contributed by atoms with van der Waals surface area (Å²) in [6.07, 6.45) is 1.98. The standard InChI is InChI=1S/C19H19N3O3S/c1-21-8-2-4-15(21)11-22(12-16-5-3-9-26-16)19(23)20-14-6-7-17-18(10-14)25-13-24-17/h2-10H,11-13H2,1H3,(H,20,23). The maximum atomic E-state index is 12.9. The number of urea groups is 1. The maximum absolute atomic E-state index is 12.9. The van der Waals surface area contributed by atoms with E-state index >= 15 is 0 Å². The molecular formula is C19H19N3O3S. The van der Waals surface area contributed by atoms with Crippen LogP contribution in [0.15, 0.2) is 54.0 Å². The van der Waals surface area contributed by atoms with Crippen molar-refractivity contribution in [2.75, 3.05) is 12.1 Å². The molecule has 0 atom stereocenters. The number of hydrogen-bond acceptors (Lipinski definition) is 4. The largest absolute Gasteiger partial charge is 0.454 e. The van der Waals surface area contributed by atoms with E-state index in [9.17, 15) is 4.79 Å². The molecule has 6 nitrogen and oxygen atoms in total. The first-order valence-electron chi connectivity index (χ1n) is 8.27. The number of hydrogen-bond donors (Lipinski definition) is 1. The van der Waals surface area contributed by atoms with Crippen LogP contribution >= 0.6 is 11.3 Å². The SMILES string of the molecule is Cn1cccc1CN(Cc1cccs1)C(=O)Nc1ccc2c(c1)OCO2. The average Bonchev–Trinajstić information content (AvgIpc) is 3.37. The molecule has 0 aliphatic carbocycles. The topological polar surface area (TPSA) is 55.7 Å². The Bertz CT molecular complexity index is 905. The molecule has 0 spiro atoms. The lowest BCUT2D eigenvalue weighted by Gasteiger charge is -2.23. The predicted octanol–water partition coefficient (Wildman–Crippen LogP) is 4.05. The van der Waals surface area contributed by atoms with Crippen LogP contribution in [0.1, 0.15) is 10.6 Å². The molecule has 2 amide bonds. The number of aromatic nitrogens is 1. The summed E-state index contributed by atoms with van der Waals surface area (Å²) in [5.41, 5.74) is 1.75. The third kappa shape index (κ3) is 3.52. The summed E-state index contributed by atoms with van der Waals surface area (Å²) in [4.78, 5) is 15.9. The lowest BCUT2D eigenvalue weighted by atomic mass is 10.3. The third-order valence-electron chi connectivity index (χ3n) is 4.24. The number of rotatable bonds is 5. The Labute approximate surface area is 155 Å². The van der Waals surface area contributed by atoms with Crippen molar-refractivity contribution in [3.8, 4) is 11.5 Å². The van der Waals surface area contributed by atoms with Crippen molar-refractivity contribution < 1.29 is 14.3 Å². The lowest BCUT2D eigenvalue weighted by molar-refractivity contribution is 0.174. The van der Waals surface area contributed by atoms with E-state index in [-0.39, 0.29) is 12.8 Å². The second-order valence-corrected chi connectivity index (χ2v) is 7.08. The minimum absolute atomic E-state index is 0.154. The zero-order chi connectivity index (χ0) is 17.9. The van der Waals surface area contributed by atoms with Gasteiger partial charge in [-0.1, -0.05) is 6.07 Å². The Morgan fingerprint density at radius 2 is 2.08 bits per heavy atom. The first-order valence-corrected chi connectivity index (χ1v) is 9.15. The highest BCUT2D eigenvalue weighted by Crippen LogP contribution is 2.34. The van der Waals surface area contributed by atoms with E-state index in [2.05, 4.69) is 5.32 Å². The lowest BCUT2D eigenvalue weighted by Crippen LogP contribution is -2.34. The van der Waals surface area contributed by atoms with Crippen LogP contribution in [0.2, 0.25) is 0 Å². The molecule has 0 fully saturated rings. The van der Waals surface area contributed by atoms with Gasteiger partial charge in [0.15, 0.2) is 11.5 Å². The first-order chi connectivity index (χ1) is 12.7. The van der Waals surface area contributed by atoms with Crippen LogP contribution < -0.4 is 14.8 Å². The number of nitrogens with zero attached hydrogens (tertiary/aromatic N) is 2. The van der Waals surface area contributed by atoms with Crippen molar-refractivity contribution in [2.45, 2.75) is 13.1 Å². The molecule has 26 heavy (non-hydrogen) atoms. The summed E-state index contributed by atoms with van der Waals surface area (Å²) in [7, 11) is 1.98. The number of thiophene rings is 1. The van der Waals surface area contributed by atoms with E-state index in [1.807, 2.05) is 53.5 Å². The highest BCUT2D eigenvalue weighted by atomic mass is 32.1. The second-order valence-electron chi connectivity index (χ2n) is 6.04. The molecule has 134 valence electrons. The van der Waals surface area contributed by atoms with Gasteiger partial charge in [0.25, 0.3) is 0 Å². The van der Waals surface area contributed by atoms with Crippen LogP contribution in [-0.2, 0) is 20.1 Å². The summed E-state index contributed by atoms with van der Waals surface area (Å²) < 4.78 is 12.7. The number of amides is 2. The normalized spacial score (nSPS) is 12.2. The van der Waals surface area contributed by atoms with Crippen LogP contribution in [-0.4, -0.2) is 22.3 Å². The fraction of sp³-hybridized carbons (Fsp3) is 0.211. The number of carbonyl (C=O) groups is 1. The molecule has 0 saturated carbocycles. The van der Waals surface area contributed by atoms with E-state index in [4.69, 9.17) is 9.47 Å². The Balaban J connectivity index is 1.52. The number of benzene rings is 1. The van der Waals surface area contributed by atoms with E-state index in [1.165, 1.54) is 0 Å². The Kier molecular flexibility index (Phi) is 4.53. The van der Waals surface area contributed by atoms with Crippen LogP contribution in [0.4, 0.5) is 10.5 Å². The van der Waals surface area contributed by atoms with Gasteiger partial charge >= 0.3 is 6.03 Å². The number of anilines is 1. The van der Waals surface area contributed by atoms with Crippen molar-refractivity contribution in [1.29, 1.82) is 0 Å². The molecule has 1 aliphatic rings. The third-order valence-corrected chi connectivity index (χ3v) is 5.10. The number of aryl methyl sites for hydroxylation is 1. The number of fused-ring (bicyclic) bond motifs is 1. The summed E-state index contributed by atoms with van der Waals surface area (Å²) in [6, 6.07) is 13.3. The van der Waals surface area contributed by atoms with Crippen molar-refractivity contribution in [3.63, 3.8) is 0 Å². The molecule has 4 rings (SSSR count). The van der Waals surface area contributed by atoms with E-state index in [0.29, 0.717) is 30.3 Å². The van der Waals surface area contributed by atoms with E-state index in [0.717, 1.165) is 10.6 Å². The van der Waals surface area contributed by atoms with Crippen LogP contribution in [0.25, 0.3) is 0 Å². The van der Waals surface area contributed by atoms with Gasteiger partial charge in [-0.2, -0.15) is 0 Å². The van der Waals surface area contributed by atoms with Gasteiger partial charge in [0.1, 0.15) is 0 Å². The zero-order valence-corrected chi connectivity index (χ0v) is 15.2. The molecule has 2 aromatic heterocycles. The summed E-state index contributed by atoms with van der Waals surface area (Å²) >= 11 is 1.64. The van der Waals surface area contributed by atoms with Gasteiger partial charge in [0.2, 0.25) is 6.79 Å². The van der Waals surface area contributed by atoms with Gasteiger partial charge in [-0.05, 0) is 35.7 Å². The Morgan fingerprint density at radius 1 is 1.19 bits per heavy atom. The molecule has 1 N–H and O–H groups in total. The molecule has 0 unspecified atom stereocenters. The van der Waals surface area contributed by atoms with Gasteiger partial charge in [0.05, 0.1) is 13.1 Å². The molecule has 3 heterocycles. The Hall–Kier alpha value is -2.93. The smallest absolute Gasteiger partial charge is 0.322 e. The van der Waals surface area contributed by atoms with E-state index in [1.54, 1.807) is 28.4 Å². The maximum Gasteiger partial charge on any atom is 0.322 e. The van der Waals surface area contributed by atoms with Gasteiger partial charge in [-0.3, -0.25) is 0 Å². The minimum atomic E-state index is -0.154. The second kappa shape index (κ2) is 7.13. The highest BCUT2D eigenvalue weighted by Gasteiger charge is 2.19. The van der Waals surface area contributed by atoms with Crippen LogP contribution in [0.3, 0.4) is 0 Å². The van der Waals surface area contributed by atoms with Gasteiger partial charge in [-0.15, -0.1) is 11.3 Å². The Morgan fingerprint density at radius 3 is 2.85 bits per heavy atom. The molecular weight excluding hydrogens is 350 g/mol. The van der Waals surface area contributed by atoms with Gasteiger partial charge < -0.3 is 24.3 Å². The predicted molar refractivity (Wildman–Crippen MR) is 101 cm³/mol.